The molecule has 198 valence electrons. The Balaban J connectivity index is -0.0000000697. The van der Waals surface area contributed by atoms with Gasteiger partial charge < -0.3 is 28.7 Å². The van der Waals surface area contributed by atoms with Crippen LogP contribution in [-0.2, 0) is 0 Å². The van der Waals surface area contributed by atoms with Gasteiger partial charge in [-0.15, -0.1) is 0 Å². The van der Waals surface area contributed by atoms with Crippen LogP contribution in [0.15, 0.2) is 9.98 Å². The van der Waals surface area contributed by atoms with Crippen LogP contribution in [0.2, 0.25) is 0 Å². The fourth-order valence-electron chi connectivity index (χ4n) is 0.749. The number of nitrogens with two attached hydrogens (primary N) is 5. The van der Waals surface area contributed by atoms with Crippen LogP contribution in [0.1, 0.15) is 105 Å². The zero-order chi connectivity index (χ0) is 25.6. The van der Waals surface area contributed by atoms with E-state index in [4.69, 9.17) is 34.1 Å². The minimum atomic E-state index is -0.140. The maximum atomic E-state index is 6.92. The molecule has 0 aromatic heterocycles. The fraction of sp³-hybridized carbons (Fsp3) is 0.875. The van der Waals surface area contributed by atoms with E-state index in [9.17, 15) is 0 Å². The highest BCUT2D eigenvalue weighted by Crippen LogP contribution is 2.12. The Morgan fingerprint density at radius 3 is 1.03 bits per heavy atom. The lowest BCUT2D eigenvalue weighted by Crippen LogP contribution is -2.27. The molecule has 0 aliphatic heterocycles. The van der Waals surface area contributed by atoms with E-state index in [2.05, 4.69) is 51.5 Å². The van der Waals surface area contributed by atoms with Crippen LogP contribution in [0.25, 0.3) is 0 Å². The number of nitrogens with zero attached hydrogens (tertiary/aromatic N) is 2. The van der Waals surface area contributed by atoms with E-state index in [1.165, 1.54) is 0 Å². The Morgan fingerprint density at radius 2 is 1.00 bits per heavy atom. The summed E-state index contributed by atoms with van der Waals surface area (Å²) in [6, 6.07) is 0. The van der Waals surface area contributed by atoms with Gasteiger partial charge in [-0.25, -0.2) is 4.99 Å². The van der Waals surface area contributed by atoms with Crippen LogP contribution in [-0.4, -0.2) is 36.3 Å². The molecule has 0 aromatic rings. The van der Waals surface area contributed by atoms with Gasteiger partial charge in [-0.3, -0.25) is 10.4 Å². The van der Waals surface area contributed by atoms with Gasteiger partial charge in [0.05, 0.1) is 17.2 Å². The van der Waals surface area contributed by atoms with Crippen molar-refractivity contribution in [1.82, 2.24) is 0 Å². The van der Waals surface area contributed by atoms with Gasteiger partial charge in [0.15, 0.2) is 5.96 Å². The standard InChI is InChI=1S/C7H16N2.C5H13N3.C5H12N2.C5H13N.2CH4/c1-6(8)9-5-7(2,3)4;1-5(2,3)8-4(6)7;1-5(2,3)4(6)7;1-5(2,3)4-6;;/h5H2,1-4H3,(H2,8,9);1-3H3,(H4,6,7,8);1-3H3,(H3,6,7);4,6H2,1-3H3;2*1H4. The molecular formula is C24H62N8. The second-order valence-electron chi connectivity index (χ2n) is 11.7. The summed E-state index contributed by atoms with van der Waals surface area (Å²) < 4.78 is 0. The number of nitrogens with one attached hydrogen (secondary N) is 1. The van der Waals surface area contributed by atoms with Crippen LogP contribution in [0, 0.1) is 21.7 Å². The van der Waals surface area contributed by atoms with Gasteiger partial charge in [-0.05, 0) is 45.1 Å². The summed E-state index contributed by atoms with van der Waals surface area (Å²) in [6.07, 6.45) is 0. The van der Waals surface area contributed by atoms with Gasteiger partial charge in [-0.2, -0.15) is 0 Å². The molecule has 32 heavy (non-hydrogen) atoms. The van der Waals surface area contributed by atoms with E-state index < -0.39 is 0 Å². The van der Waals surface area contributed by atoms with E-state index in [1.807, 2.05) is 48.5 Å². The lowest BCUT2D eigenvalue weighted by atomic mass is 9.96. The molecule has 0 atom stereocenters. The summed E-state index contributed by atoms with van der Waals surface area (Å²) in [4.78, 5) is 7.97. The Kier molecular flexibility index (Phi) is 25.7. The van der Waals surface area contributed by atoms with Crippen molar-refractivity contribution >= 4 is 17.6 Å². The second kappa shape index (κ2) is 18.7. The van der Waals surface area contributed by atoms with Gasteiger partial charge in [-0.1, -0.05) is 77.2 Å². The monoisotopic (exact) mass is 463 g/mol. The Labute approximate surface area is 201 Å². The molecule has 0 bridgehead atoms. The number of guanidine groups is 1. The first kappa shape index (κ1) is 43.9. The molecule has 0 saturated carbocycles. The van der Waals surface area contributed by atoms with Gasteiger partial charge in [0.1, 0.15) is 0 Å². The van der Waals surface area contributed by atoms with E-state index in [1.54, 1.807) is 0 Å². The van der Waals surface area contributed by atoms with Crippen molar-refractivity contribution in [3.8, 4) is 0 Å². The maximum Gasteiger partial charge on any atom is 0.186 e. The summed E-state index contributed by atoms with van der Waals surface area (Å²) in [5.74, 6) is 1.06. The van der Waals surface area contributed by atoms with E-state index in [-0.39, 0.29) is 43.0 Å². The molecule has 0 amide bonds. The summed E-state index contributed by atoms with van der Waals surface area (Å²) in [5, 5.41) is 6.92. The third-order valence-electron chi connectivity index (χ3n) is 2.69. The van der Waals surface area contributed by atoms with Crippen molar-refractivity contribution < 1.29 is 0 Å². The minimum Gasteiger partial charge on any atom is -0.388 e. The Morgan fingerprint density at radius 1 is 0.719 bits per heavy atom. The SMILES string of the molecule is C.C.CC(C)(C)C(=N)N.CC(C)(C)CN.CC(C)(C)N=C(N)N.CC(N)=NCC(C)(C)C. The lowest BCUT2D eigenvalue weighted by Gasteiger charge is -2.14. The summed E-state index contributed by atoms with van der Waals surface area (Å²) >= 11 is 0. The number of aliphatic imine (C=N–C) groups is 2. The van der Waals surface area contributed by atoms with Crippen molar-refractivity contribution in [2.75, 3.05) is 13.1 Å². The minimum absolute atomic E-state index is 0. The van der Waals surface area contributed by atoms with Gasteiger partial charge in [0, 0.05) is 12.0 Å². The Hall–Kier alpha value is -1.83. The third kappa shape index (κ3) is 63.0. The quantitative estimate of drug-likeness (QED) is 0.244. The highest BCUT2D eigenvalue weighted by Gasteiger charge is 2.12. The van der Waals surface area contributed by atoms with Crippen LogP contribution >= 0.6 is 0 Å². The predicted octanol–water partition coefficient (Wildman–Crippen LogP) is 4.70. The van der Waals surface area contributed by atoms with Gasteiger partial charge in [0.2, 0.25) is 0 Å². The third-order valence-corrected chi connectivity index (χ3v) is 2.69. The highest BCUT2D eigenvalue weighted by atomic mass is 15.0. The fourth-order valence-corrected chi connectivity index (χ4v) is 0.749. The predicted molar refractivity (Wildman–Crippen MR) is 151 cm³/mol. The van der Waals surface area contributed by atoms with E-state index in [0.717, 1.165) is 13.1 Å². The molecule has 0 rings (SSSR count). The first-order valence-corrected chi connectivity index (χ1v) is 10.3. The number of hydrogen-bond donors (Lipinski definition) is 6. The summed E-state index contributed by atoms with van der Waals surface area (Å²) in [5.41, 5.74) is 26.3. The van der Waals surface area contributed by atoms with Crippen LogP contribution in [0.3, 0.4) is 0 Å². The largest absolute Gasteiger partial charge is 0.388 e. The van der Waals surface area contributed by atoms with Crippen LogP contribution in [0.4, 0.5) is 0 Å². The first-order valence-electron chi connectivity index (χ1n) is 10.3. The molecule has 0 radical (unpaired) electrons. The first-order chi connectivity index (χ1) is 12.8. The zero-order valence-corrected chi connectivity index (χ0v) is 22.2. The van der Waals surface area contributed by atoms with Gasteiger partial charge >= 0.3 is 0 Å². The smallest absolute Gasteiger partial charge is 0.186 e. The Bertz CT molecular complexity index is 500. The average Bonchev–Trinajstić information content (AvgIpc) is 2.42. The number of amidine groups is 2. The number of rotatable bonds is 1. The second-order valence-corrected chi connectivity index (χ2v) is 11.7. The lowest BCUT2D eigenvalue weighted by molar-refractivity contribution is 0.428. The molecule has 0 aliphatic carbocycles. The molecule has 0 saturated heterocycles. The molecule has 0 fully saturated rings. The topological polar surface area (TPSA) is 179 Å². The molecule has 0 aromatic carbocycles. The van der Waals surface area contributed by atoms with Gasteiger partial charge in [0.25, 0.3) is 0 Å². The molecule has 0 heterocycles. The molecule has 0 aliphatic rings. The van der Waals surface area contributed by atoms with Crippen molar-refractivity contribution in [3.63, 3.8) is 0 Å². The molecule has 8 heteroatoms. The maximum absolute atomic E-state index is 6.92. The van der Waals surface area contributed by atoms with Crippen molar-refractivity contribution in [3.05, 3.63) is 0 Å². The van der Waals surface area contributed by atoms with Crippen molar-refractivity contribution in [1.29, 1.82) is 5.41 Å². The number of hydrogen-bond acceptors (Lipinski definition) is 4. The van der Waals surface area contributed by atoms with Crippen molar-refractivity contribution in [2.45, 2.75) is 110 Å². The zero-order valence-electron chi connectivity index (χ0n) is 22.2. The molecule has 11 N–H and O–H groups in total. The molecule has 0 spiro atoms. The molecule has 0 unspecified atom stereocenters. The van der Waals surface area contributed by atoms with E-state index in [0.29, 0.717) is 11.3 Å². The highest BCUT2D eigenvalue weighted by molar-refractivity contribution is 5.82. The van der Waals surface area contributed by atoms with Crippen LogP contribution < -0.4 is 28.7 Å². The van der Waals surface area contributed by atoms with E-state index >= 15 is 0 Å². The summed E-state index contributed by atoms with van der Waals surface area (Å²) in [6.45, 7) is 27.7. The van der Waals surface area contributed by atoms with Crippen LogP contribution in [0.5, 0.6) is 0 Å². The normalized spacial score (nSPS) is 11.4. The average molecular weight is 463 g/mol. The molecule has 8 nitrogen and oxygen atoms in total. The summed E-state index contributed by atoms with van der Waals surface area (Å²) in [7, 11) is 0. The van der Waals surface area contributed by atoms with Crippen molar-refractivity contribution in [2.24, 2.45) is 54.9 Å². The molecular weight excluding hydrogens is 400 g/mol.